The highest BCUT2D eigenvalue weighted by atomic mass is 32.1. The maximum atomic E-state index is 12.9. The summed E-state index contributed by atoms with van der Waals surface area (Å²) in [4.78, 5) is 23.3. The lowest BCUT2D eigenvalue weighted by molar-refractivity contribution is -0.0443. The summed E-state index contributed by atoms with van der Waals surface area (Å²) in [6, 6.07) is 2.28. The summed E-state index contributed by atoms with van der Waals surface area (Å²) in [6.45, 7) is 1.37. The quantitative estimate of drug-likeness (QED) is 0.845. The molecule has 2 atom stereocenters. The van der Waals surface area contributed by atoms with Gasteiger partial charge in [0.15, 0.2) is 5.13 Å². The third-order valence-electron chi connectivity index (χ3n) is 4.41. The fourth-order valence-electron chi connectivity index (χ4n) is 3.34. The first-order valence-electron chi connectivity index (χ1n) is 7.64. The van der Waals surface area contributed by atoms with E-state index in [0.29, 0.717) is 13.2 Å². The van der Waals surface area contributed by atoms with Crippen molar-refractivity contribution in [3.8, 4) is 0 Å². The van der Waals surface area contributed by atoms with E-state index < -0.39 is 0 Å². The zero-order valence-electron chi connectivity index (χ0n) is 12.7. The maximum Gasteiger partial charge on any atom is 0.264 e. The van der Waals surface area contributed by atoms with E-state index in [-0.39, 0.29) is 18.1 Å². The molecule has 4 rings (SSSR count). The number of thiazole rings is 1. The minimum atomic E-state index is 0.154. The second-order valence-electron chi connectivity index (χ2n) is 6.08. The second-order valence-corrected chi connectivity index (χ2v) is 8.12. The lowest BCUT2D eigenvalue weighted by atomic mass is 10.1. The van der Waals surface area contributed by atoms with Crippen LogP contribution in [0.3, 0.4) is 0 Å². The molecule has 5 nitrogen and oxygen atoms in total. The van der Waals surface area contributed by atoms with E-state index in [0.717, 1.165) is 38.8 Å². The molecule has 2 aromatic heterocycles. The molecule has 1 saturated heterocycles. The van der Waals surface area contributed by atoms with Crippen molar-refractivity contribution in [1.29, 1.82) is 0 Å². The molecule has 0 spiro atoms. The number of amides is 1. The van der Waals surface area contributed by atoms with Crippen LogP contribution in [0.15, 0.2) is 6.07 Å². The van der Waals surface area contributed by atoms with Crippen LogP contribution in [-0.2, 0) is 4.74 Å². The van der Waals surface area contributed by atoms with Gasteiger partial charge in [-0.15, -0.1) is 11.3 Å². The highest BCUT2D eigenvalue weighted by Crippen LogP contribution is 2.36. The molecular formula is C15H19N3O2S2. The molecule has 2 fully saturated rings. The van der Waals surface area contributed by atoms with E-state index in [4.69, 9.17) is 4.74 Å². The third-order valence-corrected chi connectivity index (χ3v) is 6.73. The van der Waals surface area contributed by atoms with Gasteiger partial charge in [0.05, 0.1) is 28.3 Å². The predicted octanol–water partition coefficient (Wildman–Crippen LogP) is 2.82. The van der Waals surface area contributed by atoms with E-state index in [1.807, 2.05) is 30.0 Å². The number of hydrogen-bond acceptors (Lipinski definition) is 6. The van der Waals surface area contributed by atoms with Crippen molar-refractivity contribution in [2.24, 2.45) is 0 Å². The number of carbonyl (C=O) groups excluding carboxylic acids is 1. The van der Waals surface area contributed by atoms with Crippen LogP contribution in [0.25, 0.3) is 9.53 Å². The molecule has 1 amide bonds. The van der Waals surface area contributed by atoms with Gasteiger partial charge < -0.3 is 14.5 Å². The normalized spacial score (nSPS) is 24.7. The van der Waals surface area contributed by atoms with E-state index in [2.05, 4.69) is 4.98 Å². The molecule has 0 N–H and O–H groups in total. The van der Waals surface area contributed by atoms with Gasteiger partial charge in [-0.2, -0.15) is 0 Å². The van der Waals surface area contributed by atoms with Crippen molar-refractivity contribution < 1.29 is 9.53 Å². The van der Waals surface area contributed by atoms with Gasteiger partial charge in [-0.05, 0) is 25.3 Å². The highest BCUT2D eigenvalue weighted by Gasteiger charge is 2.39. The fourth-order valence-corrected chi connectivity index (χ4v) is 5.43. The van der Waals surface area contributed by atoms with Crippen LogP contribution in [0.1, 0.15) is 28.9 Å². The fraction of sp³-hybridized carbons (Fsp3) is 0.600. The predicted molar refractivity (Wildman–Crippen MR) is 90.2 cm³/mol. The molecule has 2 unspecified atom stereocenters. The third kappa shape index (κ3) is 2.31. The van der Waals surface area contributed by atoms with Crippen molar-refractivity contribution in [1.82, 2.24) is 9.88 Å². The van der Waals surface area contributed by atoms with E-state index in [1.165, 1.54) is 11.3 Å². The van der Waals surface area contributed by atoms with Gasteiger partial charge in [0.2, 0.25) is 0 Å². The Bertz CT molecular complexity index is 677. The molecular weight excluding hydrogens is 318 g/mol. The Morgan fingerprint density at radius 2 is 2.27 bits per heavy atom. The summed E-state index contributed by atoms with van der Waals surface area (Å²) >= 11 is 3.15. The standard InChI is InChI=1S/C15H19N3O2S2/c1-17(2)15-16-13-11(22-15)8-12(21-13)14(19)18-6-7-20-10-5-3-4-9(10)18/h8-10H,3-7H2,1-2H3. The van der Waals surface area contributed by atoms with E-state index in [9.17, 15) is 4.79 Å². The number of rotatable bonds is 2. The number of carbonyl (C=O) groups is 1. The Hall–Kier alpha value is -1.18. The molecule has 1 aliphatic carbocycles. The van der Waals surface area contributed by atoms with Crippen LogP contribution in [0.2, 0.25) is 0 Å². The van der Waals surface area contributed by atoms with Gasteiger partial charge in [0, 0.05) is 20.6 Å². The number of ether oxygens (including phenoxy) is 1. The van der Waals surface area contributed by atoms with Crippen LogP contribution < -0.4 is 4.90 Å². The topological polar surface area (TPSA) is 45.7 Å². The van der Waals surface area contributed by atoms with Crippen molar-refractivity contribution in [3.63, 3.8) is 0 Å². The van der Waals surface area contributed by atoms with Gasteiger partial charge >= 0.3 is 0 Å². The number of morpholine rings is 1. The number of aromatic nitrogens is 1. The van der Waals surface area contributed by atoms with Crippen molar-refractivity contribution in [2.75, 3.05) is 32.1 Å². The summed E-state index contributed by atoms with van der Waals surface area (Å²) in [5.74, 6) is 0.154. The van der Waals surface area contributed by atoms with Gasteiger partial charge in [-0.3, -0.25) is 4.79 Å². The summed E-state index contributed by atoms with van der Waals surface area (Å²) in [5, 5.41) is 0.988. The Morgan fingerprint density at radius 3 is 3.05 bits per heavy atom. The first-order valence-corrected chi connectivity index (χ1v) is 9.27. The summed E-state index contributed by atoms with van der Waals surface area (Å²) in [6.07, 6.45) is 3.56. The number of nitrogens with zero attached hydrogens (tertiary/aromatic N) is 3. The molecule has 1 saturated carbocycles. The molecule has 2 aliphatic rings. The molecule has 1 aliphatic heterocycles. The smallest absolute Gasteiger partial charge is 0.264 e. The Labute approximate surface area is 137 Å². The Balaban J connectivity index is 1.60. The highest BCUT2D eigenvalue weighted by molar-refractivity contribution is 7.29. The lowest BCUT2D eigenvalue weighted by Crippen LogP contribution is -2.51. The SMILES string of the molecule is CN(C)c1nc2sc(C(=O)N3CCOC4CCCC43)cc2s1. The van der Waals surface area contributed by atoms with Gasteiger partial charge in [0.25, 0.3) is 5.91 Å². The first kappa shape index (κ1) is 14.4. The summed E-state index contributed by atoms with van der Waals surface area (Å²) in [7, 11) is 3.98. The average molecular weight is 337 g/mol. The zero-order chi connectivity index (χ0) is 15.3. The monoisotopic (exact) mass is 337 g/mol. The van der Waals surface area contributed by atoms with Crippen LogP contribution in [0, 0.1) is 0 Å². The van der Waals surface area contributed by atoms with Crippen molar-refractivity contribution >= 4 is 43.2 Å². The second kappa shape index (κ2) is 5.47. The molecule has 118 valence electrons. The van der Waals surface area contributed by atoms with Gasteiger partial charge in [-0.25, -0.2) is 4.98 Å². The largest absolute Gasteiger partial charge is 0.374 e. The Kier molecular flexibility index (Phi) is 3.58. The number of anilines is 1. The summed E-state index contributed by atoms with van der Waals surface area (Å²) in [5.41, 5.74) is 0. The first-order chi connectivity index (χ1) is 10.6. The van der Waals surface area contributed by atoms with Gasteiger partial charge in [0.1, 0.15) is 4.83 Å². The average Bonchev–Trinajstić information content (AvgIpc) is 3.18. The summed E-state index contributed by atoms with van der Waals surface area (Å²) < 4.78 is 6.90. The lowest BCUT2D eigenvalue weighted by Gasteiger charge is -2.37. The van der Waals surface area contributed by atoms with Crippen molar-refractivity contribution in [2.45, 2.75) is 31.4 Å². The number of hydrogen-bond donors (Lipinski definition) is 0. The minimum absolute atomic E-state index is 0.154. The molecule has 2 aromatic rings. The molecule has 0 radical (unpaired) electrons. The van der Waals surface area contributed by atoms with E-state index >= 15 is 0 Å². The van der Waals surface area contributed by atoms with Crippen LogP contribution in [0.4, 0.5) is 5.13 Å². The minimum Gasteiger partial charge on any atom is -0.374 e. The molecule has 22 heavy (non-hydrogen) atoms. The molecule has 0 bridgehead atoms. The van der Waals surface area contributed by atoms with Crippen LogP contribution in [-0.4, -0.2) is 55.2 Å². The molecule has 7 heteroatoms. The number of fused-ring (bicyclic) bond motifs is 2. The zero-order valence-corrected chi connectivity index (χ0v) is 14.4. The molecule has 3 heterocycles. The number of thiophene rings is 1. The maximum absolute atomic E-state index is 12.9. The van der Waals surface area contributed by atoms with Crippen molar-refractivity contribution in [3.05, 3.63) is 10.9 Å². The van der Waals surface area contributed by atoms with Gasteiger partial charge in [-0.1, -0.05) is 11.3 Å². The van der Waals surface area contributed by atoms with Crippen LogP contribution >= 0.6 is 22.7 Å². The molecule has 0 aromatic carbocycles. The van der Waals surface area contributed by atoms with E-state index in [1.54, 1.807) is 11.3 Å². The Morgan fingerprint density at radius 1 is 1.41 bits per heavy atom. The van der Waals surface area contributed by atoms with Crippen LogP contribution in [0.5, 0.6) is 0 Å².